The number of esters is 1. The summed E-state index contributed by atoms with van der Waals surface area (Å²) in [7, 11) is 0. The maximum atomic E-state index is 11.3. The molecule has 2 unspecified atom stereocenters. The standard InChI is InChI=1S/C14H29NO2/c1-5-7-8-9-10-12(3)15-13(4)11-14(16)17-6-2/h12-13,15H,5-11H2,1-4H3. The molecule has 0 aliphatic carbocycles. The van der Waals surface area contributed by atoms with Crippen LogP contribution in [0.4, 0.5) is 0 Å². The van der Waals surface area contributed by atoms with Gasteiger partial charge in [-0.05, 0) is 27.2 Å². The van der Waals surface area contributed by atoms with Crippen molar-refractivity contribution in [1.82, 2.24) is 5.32 Å². The summed E-state index contributed by atoms with van der Waals surface area (Å²) in [6, 6.07) is 0.687. The van der Waals surface area contributed by atoms with E-state index in [-0.39, 0.29) is 12.0 Å². The van der Waals surface area contributed by atoms with E-state index in [1.165, 1.54) is 32.1 Å². The van der Waals surface area contributed by atoms with Crippen molar-refractivity contribution in [3.8, 4) is 0 Å². The van der Waals surface area contributed by atoms with Gasteiger partial charge in [0, 0.05) is 12.1 Å². The van der Waals surface area contributed by atoms with Crippen molar-refractivity contribution in [3.05, 3.63) is 0 Å². The second kappa shape index (κ2) is 10.6. The first-order valence-corrected chi connectivity index (χ1v) is 7.01. The van der Waals surface area contributed by atoms with Gasteiger partial charge in [0.15, 0.2) is 0 Å². The molecule has 3 nitrogen and oxygen atoms in total. The Bertz CT molecular complexity index is 195. The molecule has 3 heteroatoms. The smallest absolute Gasteiger partial charge is 0.307 e. The molecule has 0 bridgehead atoms. The number of unbranched alkanes of at least 4 members (excludes halogenated alkanes) is 3. The van der Waals surface area contributed by atoms with Gasteiger partial charge in [0.25, 0.3) is 0 Å². The van der Waals surface area contributed by atoms with Gasteiger partial charge in [-0.25, -0.2) is 0 Å². The molecule has 0 fully saturated rings. The number of nitrogens with one attached hydrogen (secondary N) is 1. The molecule has 0 aromatic heterocycles. The number of hydrogen-bond acceptors (Lipinski definition) is 3. The minimum atomic E-state index is -0.106. The van der Waals surface area contributed by atoms with Gasteiger partial charge in [0.1, 0.15) is 0 Å². The third-order valence-corrected chi connectivity index (χ3v) is 2.84. The highest BCUT2D eigenvalue weighted by Gasteiger charge is 2.11. The SMILES string of the molecule is CCCCCCC(C)NC(C)CC(=O)OCC. The van der Waals surface area contributed by atoms with Gasteiger partial charge in [-0.15, -0.1) is 0 Å². The molecule has 0 rings (SSSR count). The van der Waals surface area contributed by atoms with Gasteiger partial charge in [0.2, 0.25) is 0 Å². The van der Waals surface area contributed by atoms with Gasteiger partial charge >= 0.3 is 5.97 Å². The summed E-state index contributed by atoms with van der Waals surface area (Å²) < 4.78 is 4.93. The summed E-state index contributed by atoms with van der Waals surface area (Å²) in [5.74, 6) is -0.106. The number of ether oxygens (including phenoxy) is 1. The Morgan fingerprint density at radius 1 is 1.12 bits per heavy atom. The topological polar surface area (TPSA) is 38.3 Å². The van der Waals surface area contributed by atoms with Crippen LogP contribution in [0, 0.1) is 0 Å². The molecule has 2 atom stereocenters. The zero-order chi connectivity index (χ0) is 13.1. The second-order valence-electron chi connectivity index (χ2n) is 4.83. The zero-order valence-corrected chi connectivity index (χ0v) is 11.9. The molecule has 0 amide bonds. The Morgan fingerprint density at radius 3 is 2.41 bits per heavy atom. The highest BCUT2D eigenvalue weighted by Crippen LogP contribution is 2.06. The average molecular weight is 243 g/mol. The maximum absolute atomic E-state index is 11.3. The molecule has 0 heterocycles. The normalized spacial score (nSPS) is 14.4. The first-order valence-electron chi connectivity index (χ1n) is 7.01. The monoisotopic (exact) mass is 243 g/mol. The van der Waals surface area contributed by atoms with Crippen LogP contribution in [-0.4, -0.2) is 24.7 Å². The van der Waals surface area contributed by atoms with Crippen molar-refractivity contribution in [1.29, 1.82) is 0 Å². The molecule has 0 aromatic carbocycles. The Kier molecular flexibility index (Phi) is 10.2. The van der Waals surface area contributed by atoms with Gasteiger partial charge in [-0.2, -0.15) is 0 Å². The fraction of sp³-hybridized carbons (Fsp3) is 0.929. The highest BCUT2D eigenvalue weighted by molar-refractivity contribution is 5.69. The lowest BCUT2D eigenvalue weighted by atomic mass is 10.1. The van der Waals surface area contributed by atoms with Crippen molar-refractivity contribution in [2.45, 2.75) is 78.3 Å². The summed E-state index contributed by atoms with van der Waals surface area (Å²) in [4.78, 5) is 11.3. The van der Waals surface area contributed by atoms with Gasteiger partial charge in [-0.1, -0.05) is 32.6 Å². The van der Waals surface area contributed by atoms with Crippen LogP contribution in [-0.2, 0) is 9.53 Å². The van der Waals surface area contributed by atoms with Crippen LogP contribution in [0.3, 0.4) is 0 Å². The van der Waals surface area contributed by atoms with E-state index in [2.05, 4.69) is 19.2 Å². The predicted molar refractivity (Wildman–Crippen MR) is 72.1 cm³/mol. The largest absolute Gasteiger partial charge is 0.466 e. The molecule has 0 radical (unpaired) electrons. The first kappa shape index (κ1) is 16.4. The Hall–Kier alpha value is -0.570. The second-order valence-corrected chi connectivity index (χ2v) is 4.83. The third-order valence-electron chi connectivity index (χ3n) is 2.84. The minimum Gasteiger partial charge on any atom is -0.466 e. The highest BCUT2D eigenvalue weighted by atomic mass is 16.5. The van der Waals surface area contributed by atoms with E-state index >= 15 is 0 Å². The van der Waals surface area contributed by atoms with E-state index in [4.69, 9.17) is 4.74 Å². The molecule has 0 saturated heterocycles. The molecule has 0 saturated carbocycles. The third kappa shape index (κ3) is 10.3. The molecule has 0 aromatic rings. The zero-order valence-electron chi connectivity index (χ0n) is 11.9. The summed E-state index contributed by atoms with van der Waals surface area (Å²) in [5, 5.41) is 3.45. The lowest BCUT2D eigenvalue weighted by Crippen LogP contribution is -2.36. The van der Waals surface area contributed by atoms with Crippen LogP contribution < -0.4 is 5.32 Å². The fourth-order valence-electron chi connectivity index (χ4n) is 1.98. The lowest BCUT2D eigenvalue weighted by molar-refractivity contribution is -0.143. The summed E-state index contributed by atoms with van der Waals surface area (Å²) in [5.41, 5.74) is 0. The molecule has 0 aliphatic rings. The van der Waals surface area contributed by atoms with Crippen LogP contribution >= 0.6 is 0 Å². The summed E-state index contributed by atoms with van der Waals surface area (Å²) >= 11 is 0. The summed E-state index contributed by atoms with van der Waals surface area (Å²) in [6.07, 6.45) is 6.84. The van der Waals surface area contributed by atoms with Crippen molar-refractivity contribution in [3.63, 3.8) is 0 Å². The van der Waals surface area contributed by atoms with Gasteiger partial charge < -0.3 is 10.1 Å². The average Bonchev–Trinajstić information content (AvgIpc) is 2.24. The number of rotatable bonds is 10. The van der Waals surface area contributed by atoms with Crippen LogP contribution in [0.15, 0.2) is 0 Å². The quantitative estimate of drug-likeness (QED) is 0.473. The Morgan fingerprint density at radius 2 is 1.82 bits per heavy atom. The number of hydrogen-bond donors (Lipinski definition) is 1. The van der Waals surface area contributed by atoms with E-state index in [9.17, 15) is 4.79 Å². The van der Waals surface area contributed by atoms with Crippen molar-refractivity contribution >= 4 is 5.97 Å². The number of carbonyl (C=O) groups excluding carboxylic acids is 1. The van der Waals surface area contributed by atoms with Crippen LogP contribution in [0.5, 0.6) is 0 Å². The Balaban J connectivity index is 3.57. The number of carbonyl (C=O) groups is 1. The molecule has 17 heavy (non-hydrogen) atoms. The van der Waals surface area contributed by atoms with E-state index in [1.807, 2.05) is 13.8 Å². The molecule has 0 spiro atoms. The Labute approximate surface area is 106 Å². The summed E-state index contributed by atoms with van der Waals surface area (Å²) in [6.45, 7) is 8.76. The van der Waals surface area contributed by atoms with Gasteiger partial charge in [0.05, 0.1) is 13.0 Å². The molecule has 102 valence electrons. The van der Waals surface area contributed by atoms with E-state index in [1.54, 1.807) is 0 Å². The lowest BCUT2D eigenvalue weighted by Gasteiger charge is -2.19. The van der Waals surface area contributed by atoms with Crippen LogP contribution in [0.2, 0.25) is 0 Å². The first-order chi connectivity index (χ1) is 8.10. The van der Waals surface area contributed by atoms with Gasteiger partial charge in [-0.3, -0.25) is 4.79 Å². The van der Waals surface area contributed by atoms with Crippen molar-refractivity contribution in [2.75, 3.05) is 6.61 Å². The van der Waals surface area contributed by atoms with Crippen molar-refractivity contribution in [2.24, 2.45) is 0 Å². The van der Waals surface area contributed by atoms with Crippen LogP contribution in [0.1, 0.15) is 66.2 Å². The minimum absolute atomic E-state index is 0.106. The molecular formula is C14H29NO2. The van der Waals surface area contributed by atoms with E-state index in [0.29, 0.717) is 19.1 Å². The fourth-order valence-corrected chi connectivity index (χ4v) is 1.98. The molecule has 1 N–H and O–H groups in total. The predicted octanol–water partition coefficient (Wildman–Crippen LogP) is 3.28. The van der Waals surface area contributed by atoms with Crippen LogP contribution in [0.25, 0.3) is 0 Å². The maximum Gasteiger partial charge on any atom is 0.307 e. The van der Waals surface area contributed by atoms with Crippen molar-refractivity contribution < 1.29 is 9.53 Å². The van der Waals surface area contributed by atoms with E-state index in [0.717, 1.165) is 0 Å². The molecule has 0 aliphatic heterocycles. The van der Waals surface area contributed by atoms with E-state index < -0.39 is 0 Å². The molecular weight excluding hydrogens is 214 g/mol.